The van der Waals surface area contributed by atoms with Crippen LogP contribution < -0.4 is 0 Å². The standard InChI is InChI=1S/C21H22Cl2N4O2/c22-16-2-1-3-17(23)18(16)20-15(21(29-26-20)11-4-5-11)10-28-14-8-12-6-7-13(9-14)19(12)25-27-24/h1-3,11-14,19H,4-10H2/t12-,13+,14?,19?. The lowest BCUT2D eigenvalue weighted by molar-refractivity contribution is -0.00641. The summed E-state index contributed by atoms with van der Waals surface area (Å²) in [5.41, 5.74) is 11.2. The Morgan fingerprint density at radius 2 is 1.83 bits per heavy atom. The molecule has 5 rings (SSSR count). The van der Waals surface area contributed by atoms with Crippen LogP contribution in [0.25, 0.3) is 21.7 Å². The number of halogens is 2. The molecule has 0 aliphatic heterocycles. The molecule has 3 fully saturated rings. The molecule has 29 heavy (non-hydrogen) atoms. The molecule has 0 N–H and O–H groups in total. The summed E-state index contributed by atoms with van der Waals surface area (Å²) < 4.78 is 12.1. The summed E-state index contributed by atoms with van der Waals surface area (Å²) in [5.74, 6) is 2.17. The smallest absolute Gasteiger partial charge is 0.145 e. The van der Waals surface area contributed by atoms with E-state index in [2.05, 4.69) is 15.2 Å². The number of benzene rings is 1. The van der Waals surface area contributed by atoms with Crippen molar-refractivity contribution in [1.82, 2.24) is 5.16 Å². The number of rotatable bonds is 6. The van der Waals surface area contributed by atoms with Crippen LogP contribution in [0.5, 0.6) is 0 Å². The normalized spacial score (nSPS) is 28.3. The molecular formula is C21H22Cl2N4O2. The van der Waals surface area contributed by atoms with Crippen LogP contribution in [-0.4, -0.2) is 17.3 Å². The number of nitrogens with zero attached hydrogens (tertiary/aromatic N) is 4. The zero-order valence-electron chi connectivity index (χ0n) is 15.9. The highest BCUT2D eigenvalue weighted by Crippen LogP contribution is 2.48. The lowest BCUT2D eigenvalue weighted by Gasteiger charge is -2.32. The lowest BCUT2D eigenvalue weighted by atomic mass is 9.83. The first-order chi connectivity index (χ1) is 14.2. The highest BCUT2D eigenvalue weighted by atomic mass is 35.5. The predicted octanol–water partition coefficient (Wildman–Crippen LogP) is 6.91. The number of aromatic nitrogens is 1. The maximum absolute atomic E-state index is 8.84. The van der Waals surface area contributed by atoms with E-state index in [4.69, 9.17) is 38.0 Å². The van der Waals surface area contributed by atoms with E-state index in [0.717, 1.165) is 49.8 Å². The fraction of sp³-hybridized carbons (Fsp3) is 0.571. The first-order valence-electron chi connectivity index (χ1n) is 10.2. The van der Waals surface area contributed by atoms with Crippen LogP contribution in [0.4, 0.5) is 0 Å². The topological polar surface area (TPSA) is 84.0 Å². The highest BCUT2D eigenvalue weighted by Gasteiger charge is 2.43. The Kier molecular flexibility index (Phi) is 5.21. The van der Waals surface area contributed by atoms with E-state index < -0.39 is 0 Å². The summed E-state index contributed by atoms with van der Waals surface area (Å²) in [6.07, 6.45) is 6.50. The Balaban J connectivity index is 1.38. The maximum Gasteiger partial charge on any atom is 0.145 e. The van der Waals surface area contributed by atoms with Gasteiger partial charge in [-0.3, -0.25) is 0 Å². The molecule has 2 aromatic rings. The van der Waals surface area contributed by atoms with Gasteiger partial charge in [-0.25, -0.2) is 0 Å². The Morgan fingerprint density at radius 3 is 2.45 bits per heavy atom. The quantitative estimate of drug-likeness (QED) is 0.282. The lowest BCUT2D eigenvalue weighted by Crippen LogP contribution is -2.33. The summed E-state index contributed by atoms with van der Waals surface area (Å²) >= 11 is 12.9. The minimum absolute atomic E-state index is 0.134. The van der Waals surface area contributed by atoms with Gasteiger partial charge in [-0.15, -0.1) is 0 Å². The fourth-order valence-corrected chi connectivity index (χ4v) is 5.65. The number of hydrogen-bond acceptors (Lipinski definition) is 4. The van der Waals surface area contributed by atoms with Crippen molar-refractivity contribution in [3.8, 4) is 11.3 Å². The third kappa shape index (κ3) is 3.64. The zero-order chi connectivity index (χ0) is 20.0. The molecule has 1 aromatic heterocycles. The molecule has 1 aromatic carbocycles. The van der Waals surface area contributed by atoms with Crippen LogP contribution in [0.15, 0.2) is 27.8 Å². The minimum Gasteiger partial charge on any atom is -0.373 e. The van der Waals surface area contributed by atoms with E-state index >= 15 is 0 Å². The van der Waals surface area contributed by atoms with Crippen molar-refractivity contribution in [2.24, 2.45) is 17.0 Å². The molecule has 152 valence electrons. The van der Waals surface area contributed by atoms with E-state index in [1.807, 2.05) is 18.2 Å². The first-order valence-corrected chi connectivity index (χ1v) is 11.0. The Morgan fingerprint density at radius 1 is 1.14 bits per heavy atom. The van der Waals surface area contributed by atoms with E-state index in [1.165, 1.54) is 0 Å². The van der Waals surface area contributed by atoms with Crippen molar-refractivity contribution >= 4 is 23.2 Å². The van der Waals surface area contributed by atoms with Crippen molar-refractivity contribution in [1.29, 1.82) is 0 Å². The predicted molar refractivity (Wildman–Crippen MR) is 111 cm³/mol. The summed E-state index contributed by atoms with van der Waals surface area (Å²) in [7, 11) is 0. The third-order valence-electron chi connectivity index (χ3n) is 6.62. The van der Waals surface area contributed by atoms with Gasteiger partial charge in [0.25, 0.3) is 0 Å². The molecule has 0 radical (unpaired) electrons. The third-order valence-corrected chi connectivity index (χ3v) is 7.25. The van der Waals surface area contributed by atoms with E-state index in [-0.39, 0.29) is 12.1 Å². The van der Waals surface area contributed by atoms with Crippen LogP contribution in [0.1, 0.15) is 55.8 Å². The average molecular weight is 433 g/mol. The van der Waals surface area contributed by atoms with Gasteiger partial charge < -0.3 is 9.26 Å². The van der Waals surface area contributed by atoms with Gasteiger partial charge in [0.2, 0.25) is 0 Å². The Bertz CT molecular complexity index is 933. The molecule has 0 amide bonds. The van der Waals surface area contributed by atoms with E-state index in [1.54, 1.807) is 0 Å². The number of azide groups is 1. The minimum atomic E-state index is 0.134. The Labute approximate surface area is 179 Å². The zero-order valence-corrected chi connectivity index (χ0v) is 17.4. The van der Waals surface area contributed by atoms with Crippen molar-refractivity contribution in [2.75, 3.05) is 0 Å². The van der Waals surface area contributed by atoms with Crippen LogP contribution in [0, 0.1) is 11.8 Å². The highest BCUT2D eigenvalue weighted by molar-refractivity contribution is 6.39. The fourth-order valence-electron chi connectivity index (χ4n) is 5.07. The van der Waals surface area contributed by atoms with Crippen LogP contribution in [0.2, 0.25) is 10.0 Å². The van der Waals surface area contributed by atoms with Crippen LogP contribution in [0.3, 0.4) is 0 Å². The summed E-state index contributed by atoms with van der Waals surface area (Å²) in [5, 5.41) is 9.49. The summed E-state index contributed by atoms with van der Waals surface area (Å²) in [6, 6.07) is 5.58. The molecular weight excluding hydrogens is 411 g/mol. The summed E-state index contributed by atoms with van der Waals surface area (Å²) in [4.78, 5) is 3.05. The Hall–Kier alpha value is -1.72. The van der Waals surface area contributed by atoms with Gasteiger partial charge in [0, 0.05) is 28.0 Å². The summed E-state index contributed by atoms with van der Waals surface area (Å²) in [6.45, 7) is 0.433. The van der Waals surface area contributed by atoms with E-state index in [9.17, 15) is 0 Å². The van der Waals surface area contributed by atoms with Crippen LogP contribution >= 0.6 is 23.2 Å². The van der Waals surface area contributed by atoms with Gasteiger partial charge in [-0.1, -0.05) is 39.5 Å². The second-order valence-electron chi connectivity index (χ2n) is 8.44. The average Bonchev–Trinajstić information content (AvgIpc) is 3.42. The van der Waals surface area contributed by atoms with Crippen LogP contribution in [-0.2, 0) is 11.3 Å². The molecule has 4 atom stereocenters. The molecule has 2 bridgehead atoms. The molecule has 1 heterocycles. The molecule has 2 unspecified atom stereocenters. The van der Waals surface area contributed by atoms with E-state index in [0.29, 0.717) is 45.7 Å². The maximum atomic E-state index is 8.84. The van der Waals surface area contributed by atoms with Crippen molar-refractivity contribution in [2.45, 2.75) is 63.2 Å². The van der Waals surface area contributed by atoms with Crippen molar-refractivity contribution in [3.63, 3.8) is 0 Å². The molecule has 8 heteroatoms. The number of ether oxygens (including phenoxy) is 1. The second kappa shape index (κ2) is 7.84. The largest absolute Gasteiger partial charge is 0.373 e. The monoisotopic (exact) mass is 432 g/mol. The van der Waals surface area contributed by atoms with Gasteiger partial charge in [-0.2, -0.15) is 0 Å². The molecule has 3 aliphatic rings. The molecule has 6 nitrogen and oxygen atoms in total. The SMILES string of the molecule is [N-]=[N+]=NC1[C@@H]2CC[C@H]1CC(OCc1c(-c3c(Cl)cccc3Cl)noc1C1CC1)C2. The molecule has 0 saturated heterocycles. The number of hydrogen-bond donors (Lipinski definition) is 0. The number of fused-ring (bicyclic) bond motifs is 2. The second-order valence-corrected chi connectivity index (χ2v) is 9.26. The van der Waals surface area contributed by atoms with Crippen molar-refractivity contribution in [3.05, 3.63) is 50.0 Å². The first kappa shape index (κ1) is 19.3. The van der Waals surface area contributed by atoms with Gasteiger partial charge in [0.05, 0.1) is 22.8 Å². The van der Waals surface area contributed by atoms with Gasteiger partial charge in [-0.05, 0) is 68.0 Å². The molecule has 0 spiro atoms. The molecule has 3 saturated carbocycles. The van der Waals surface area contributed by atoms with Gasteiger partial charge in [0.1, 0.15) is 11.5 Å². The van der Waals surface area contributed by atoms with Crippen molar-refractivity contribution < 1.29 is 9.26 Å². The van der Waals surface area contributed by atoms with Gasteiger partial charge >= 0.3 is 0 Å². The van der Waals surface area contributed by atoms with Gasteiger partial charge in [0.15, 0.2) is 0 Å². The molecule has 3 aliphatic carbocycles.